The van der Waals surface area contributed by atoms with E-state index in [1.54, 1.807) is 0 Å². The maximum atomic E-state index is 5.89. The molecule has 1 fully saturated rings. The Morgan fingerprint density at radius 3 is 2.89 bits per heavy atom. The van der Waals surface area contributed by atoms with E-state index in [-0.39, 0.29) is 0 Å². The molecule has 1 N–H and O–H groups in total. The van der Waals surface area contributed by atoms with Crippen molar-refractivity contribution in [3.05, 3.63) is 29.8 Å². The maximum absolute atomic E-state index is 5.89. The van der Waals surface area contributed by atoms with Crippen molar-refractivity contribution in [3.63, 3.8) is 0 Å². The van der Waals surface area contributed by atoms with Gasteiger partial charge < -0.3 is 10.1 Å². The van der Waals surface area contributed by atoms with Crippen molar-refractivity contribution in [2.75, 3.05) is 18.1 Å². The molecule has 19 heavy (non-hydrogen) atoms. The van der Waals surface area contributed by atoms with Gasteiger partial charge in [0.15, 0.2) is 0 Å². The van der Waals surface area contributed by atoms with Crippen molar-refractivity contribution in [1.82, 2.24) is 5.32 Å². The average Bonchev–Trinajstić information content (AvgIpc) is 3.22. The lowest BCUT2D eigenvalue weighted by molar-refractivity contribution is 0.302. The summed E-state index contributed by atoms with van der Waals surface area (Å²) in [4.78, 5) is 0. The highest BCUT2D eigenvalue weighted by Gasteiger charge is 2.23. The molecule has 0 aliphatic heterocycles. The molecule has 1 aromatic rings. The van der Waals surface area contributed by atoms with Crippen LogP contribution in [0.15, 0.2) is 24.3 Å². The zero-order valence-corrected chi connectivity index (χ0v) is 12.8. The minimum absolute atomic E-state index is 0.435. The number of nitrogens with one attached hydrogen (secondary N) is 1. The third kappa shape index (κ3) is 5.07. The van der Waals surface area contributed by atoms with Gasteiger partial charge in [0.25, 0.3) is 0 Å². The van der Waals surface area contributed by atoms with Gasteiger partial charge in [-0.3, -0.25) is 0 Å². The first kappa shape index (κ1) is 14.7. The third-order valence-corrected chi connectivity index (χ3v) is 4.44. The molecule has 0 aromatic heterocycles. The molecule has 1 saturated carbocycles. The van der Waals surface area contributed by atoms with Crippen LogP contribution in [0.3, 0.4) is 0 Å². The Balaban J connectivity index is 1.97. The van der Waals surface area contributed by atoms with E-state index in [4.69, 9.17) is 4.74 Å². The lowest BCUT2D eigenvalue weighted by atomic mass is 10.1. The van der Waals surface area contributed by atoms with Gasteiger partial charge in [-0.25, -0.2) is 0 Å². The first-order valence-electron chi connectivity index (χ1n) is 7.41. The van der Waals surface area contributed by atoms with Crippen LogP contribution in [-0.4, -0.2) is 24.2 Å². The molecule has 1 aliphatic carbocycles. The molecular weight excluding hydrogens is 254 g/mol. The summed E-state index contributed by atoms with van der Waals surface area (Å²) >= 11 is 2.02. The van der Waals surface area contributed by atoms with E-state index in [0.29, 0.717) is 12.1 Å². The Labute approximate surface area is 121 Å². The number of thioether (sulfide) groups is 1. The molecule has 1 aromatic carbocycles. The SMILES string of the molecule is CCCSCC(NCC)c1cccc(OC2CC2)c1. The lowest BCUT2D eigenvalue weighted by Gasteiger charge is -2.19. The second-order valence-electron chi connectivity index (χ2n) is 5.07. The predicted molar refractivity (Wildman–Crippen MR) is 84.1 cm³/mol. The number of hydrogen-bond acceptors (Lipinski definition) is 3. The number of benzene rings is 1. The van der Waals surface area contributed by atoms with E-state index in [0.717, 1.165) is 18.0 Å². The van der Waals surface area contributed by atoms with Crippen LogP contribution in [0, 0.1) is 0 Å². The minimum atomic E-state index is 0.435. The van der Waals surface area contributed by atoms with Gasteiger partial charge in [0.1, 0.15) is 5.75 Å². The van der Waals surface area contributed by atoms with Gasteiger partial charge in [-0.1, -0.05) is 26.0 Å². The monoisotopic (exact) mass is 279 g/mol. The van der Waals surface area contributed by atoms with Crippen molar-refractivity contribution in [2.24, 2.45) is 0 Å². The summed E-state index contributed by atoms with van der Waals surface area (Å²) in [6, 6.07) is 9.04. The Hall–Kier alpha value is -0.670. The summed E-state index contributed by atoms with van der Waals surface area (Å²) in [7, 11) is 0. The van der Waals surface area contributed by atoms with Crippen LogP contribution in [0.5, 0.6) is 5.75 Å². The van der Waals surface area contributed by atoms with Crippen molar-refractivity contribution in [1.29, 1.82) is 0 Å². The van der Waals surface area contributed by atoms with Gasteiger partial charge in [-0.2, -0.15) is 11.8 Å². The molecule has 0 heterocycles. The van der Waals surface area contributed by atoms with Crippen LogP contribution < -0.4 is 10.1 Å². The zero-order valence-electron chi connectivity index (χ0n) is 12.0. The molecule has 106 valence electrons. The van der Waals surface area contributed by atoms with Crippen LogP contribution in [0.2, 0.25) is 0 Å². The average molecular weight is 279 g/mol. The largest absolute Gasteiger partial charge is 0.490 e. The normalized spacial score (nSPS) is 16.3. The summed E-state index contributed by atoms with van der Waals surface area (Å²) in [6.45, 7) is 5.41. The maximum Gasteiger partial charge on any atom is 0.120 e. The number of ether oxygens (including phenoxy) is 1. The van der Waals surface area contributed by atoms with Gasteiger partial charge in [0.05, 0.1) is 6.10 Å². The molecule has 2 rings (SSSR count). The van der Waals surface area contributed by atoms with Crippen LogP contribution >= 0.6 is 11.8 Å². The van der Waals surface area contributed by atoms with Crippen molar-refractivity contribution < 1.29 is 4.74 Å². The second-order valence-corrected chi connectivity index (χ2v) is 6.22. The summed E-state index contributed by atoms with van der Waals surface area (Å²) in [6.07, 6.45) is 4.15. The fourth-order valence-electron chi connectivity index (χ4n) is 2.05. The summed E-state index contributed by atoms with van der Waals surface area (Å²) in [5.41, 5.74) is 1.35. The minimum Gasteiger partial charge on any atom is -0.490 e. The predicted octanol–water partition coefficient (Wildman–Crippen LogP) is 4.02. The van der Waals surface area contributed by atoms with Gasteiger partial charge in [0, 0.05) is 11.8 Å². The summed E-state index contributed by atoms with van der Waals surface area (Å²) in [5, 5.41) is 3.58. The Morgan fingerprint density at radius 2 is 2.21 bits per heavy atom. The number of rotatable bonds is 9. The van der Waals surface area contributed by atoms with E-state index in [1.807, 2.05) is 11.8 Å². The van der Waals surface area contributed by atoms with Gasteiger partial charge in [0.2, 0.25) is 0 Å². The van der Waals surface area contributed by atoms with Crippen molar-refractivity contribution >= 4 is 11.8 Å². The van der Waals surface area contributed by atoms with Crippen LogP contribution in [0.4, 0.5) is 0 Å². The Bertz CT molecular complexity index is 379. The van der Waals surface area contributed by atoms with Crippen LogP contribution in [0.1, 0.15) is 44.7 Å². The third-order valence-electron chi connectivity index (χ3n) is 3.17. The lowest BCUT2D eigenvalue weighted by Crippen LogP contribution is -2.23. The van der Waals surface area contributed by atoms with Crippen molar-refractivity contribution in [2.45, 2.75) is 45.3 Å². The molecule has 1 atom stereocenters. The van der Waals surface area contributed by atoms with E-state index >= 15 is 0 Å². The Morgan fingerprint density at radius 1 is 1.37 bits per heavy atom. The molecule has 1 unspecified atom stereocenters. The standard InChI is InChI=1S/C16H25NOS/c1-3-10-19-12-16(17-4-2)13-6-5-7-15(11-13)18-14-8-9-14/h5-7,11,14,16-17H,3-4,8-10,12H2,1-2H3. The van der Waals surface area contributed by atoms with Gasteiger partial charge >= 0.3 is 0 Å². The first-order valence-corrected chi connectivity index (χ1v) is 8.56. The molecule has 2 nitrogen and oxygen atoms in total. The van der Waals surface area contributed by atoms with E-state index in [9.17, 15) is 0 Å². The quantitative estimate of drug-likeness (QED) is 0.690. The molecule has 0 saturated heterocycles. The topological polar surface area (TPSA) is 21.3 Å². The van der Waals surface area contributed by atoms with Gasteiger partial charge in [-0.15, -0.1) is 0 Å². The first-order chi connectivity index (χ1) is 9.33. The molecule has 3 heteroatoms. The molecule has 0 bridgehead atoms. The highest BCUT2D eigenvalue weighted by Crippen LogP contribution is 2.29. The highest BCUT2D eigenvalue weighted by atomic mass is 32.2. The van der Waals surface area contributed by atoms with E-state index < -0.39 is 0 Å². The second kappa shape index (κ2) is 7.81. The number of hydrogen-bond donors (Lipinski definition) is 1. The summed E-state index contributed by atoms with van der Waals surface area (Å²) in [5.74, 6) is 3.40. The fraction of sp³-hybridized carbons (Fsp3) is 0.625. The summed E-state index contributed by atoms with van der Waals surface area (Å²) < 4.78 is 5.89. The molecular formula is C16H25NOS. The Kier molecular flexibility index (Phi) is 6.05. The van der Waals surface area contributed by atoms with Crippen molar-refractivity contribution in [3.8, 4) is 5.75 Å². The molecule has 1 aliphatic rings. The fourth-order valence-corrected chi connectivity index (χ4v) is 3.05. The van der Waals surface area contributed by atoms with Gasteiger partial charge in [-0.05, 0) is 49.3 Å². The molecule has 0 amide bonds. The van der Waals surface area contributed by atoms with E-state index in [1.165, 1.54) is 30.6 Å². The highest BCUT2D eigenvalue weighted by molar-refractivity contribution is 7.99. The van der Waals surface area contributed by atoms with E-state index in [2.05, 4.69) is 43.4 Å². The van der Waals surface area contributed by atoms with Crippen LogP contribution in [-0.2, 0) is 0 Å². The zero-order chi connectivity index (χ0) is 13.5. The smallest absolute Gasteiger partial charge is 0.120 e. The van der Waals surface area contributed by atoms with Crippen LogP contribution in [0.25, 0.3) is 0 Å². The molecule has 0 spiro atoms. The molecule has 0 radical (unpaired) electrons.